The van der Waals surface area contributed by atoms with E-state index >= 15 is 0 Å². The van der Waals surface area contributed by atoms with Crippen molar-refractivity contribution in [1.29, 1.82) is 0 Å². The number of ether oxygens (including phenoxy) is 1. The average Bonchev–Trinajstić information content (AvgIpc) is 3.40. The number of nitrogens with zero attached hydrogens (tertiary/aromatic N) is 2. The molecule has 3 aromatic carbocycles. The summed E-state index contributed by atoms with van der Waals surface area (Å²) in [6.07, 6.45) is 1.11. The lowest BCUT2D eigenvalue weighted by Crippen LogP contribution is -2.13. The fourth-order valence-corrected chi connectivity index (χ4v) is 4.85. The third-order valence-corrected chi connectivity index (χ3v) is 7.20. The highest BCUT2D eigenvalue weighted by atomic mass is 32.1. The number of anilines is 1. The summed E-state index contributed by atoms with van der Waals surface area (Å²) in [7, 11) is 1.63. The number of amides is 1. The first-order chi connectivity index (χ1) is 17.6. The van der Waals surface area contributed by atoms with Gasteiger partial charge in [-0.3, -0.25) is 10.1 Å². The molecule has 0 radical (unpaired) electrons. The zero-order chi connectivity index (χ0) is 25.1. The summed E-state index contributed by atoms with van der Waals surface area (Å²) >= 11 is 1.42. The minimum Gasteiger partial charge on any atom is -0.497 e. The van der Waals surface area contributed by atoms with Crippen LogP contribution < -0.4 is 10.1 Å². The van der Waals surface area contributed by atoms with Crippen molar-refractivity contribution in [3.63, 3.8) is 0 Å². The van der Waals surface area contributed by atoms with Gasteiger partial charge in [0.05, 0.1) is 29.6 Å². The molecule has 0 spiro atoms. The standard InChI is InChI=1S/C30H27N3O2S/c1-4-19(2)20-12-14-21(15-13-20)28-18-36-30(32-28)33-29(34)25-17-27(22-8-7-9-23(16-22)35-3)31-26-11-6-5-10-24(25)26/h5-19H,4H2,1-3H3,(H,32,33,34). The first-order valence-corrected chi connectivity index (χ1v) is 12.8. The van der Waals surface area contributed by atoms with Gasteiger partial charge in [-0.1, -0.05) is 68.4 Å². The SMILES string of the molecule is CCC(C)c1ccc(-c2csc(NC(=O)c3cc(-c4cccc(OC)c4)nc4ccccc34)n2)cc1. The van der Waals surface area contributed by atoms with Gasteiger partial charge in [-0.2, -0.15) is 0 Å². The molecule has 0 aliphatic heterocycles. The number of carbonyl (C=O) groups excluding carboxylic acids is 1. The molecule has 0 bridgehead atoms. The van der Waals surface area contributed by atoms with E-state index in [1.165, 1.54) is 16.9 Å². The van der Waals surface area contributed by atoms with Crippen LogP contribution in [0.5, 0.6) is 5.75 Å². The van der Waals surface area contributed by atoms with E-state index in [1.807, 2.05) is 60.0 Å². The molecule has 2 aromatic heterocycles. The number of hydrogen-bond donors (Lipinski definition) is 1. The van der Waals surface area contributed by atoms with Gasteiger partial charge in [0.1, 0.15) is 5.75 Å². The number of carbonyl (C=O) groups is 1. The molecule has 36 heavy (non-hydrogen) atoms. The maximum atomic E-state index is 13.4. The molecule has 5 nitrogen and oxygen atoms in total. The lowest BCUT2D eigenvalue weighted by molar-refractivity contribution is 0.102. The van der Waals surface area contributed by atoms with E-state index in [-0.39, 0.29) is 5.91 Å². The minimum atomic E-state index is -0.217. The van der Waals surface area contributed by atoms with Gasteiger partial charge in [0.15, 0.2) is 5.13 Å². The predicted molar refractivity (Wildman–Crippen MR) is 148 cm³/mol. The molecule has 0 aliphatic rings. The normalized spacial score (nSPS) is 11.9. The molecular weight excluding hydrogens is 466 g/mol. The van der Waals surface area contributed by atoms with Crippen LogP contribution in [0.1, 0.15) is 42.1 Å². The summed E-state index contributed by atoms with van der Waals surface area (Å²) in [4.78, 5) is 22.9. The summed E-state index contributed by atoms with van der Waals surface area (Å²) in [5, 5.41) is 6.32. The van der Waals surface area contributed by atoms with Gasteiger partial charge in [0.2, 0.25) is 0 Å². The van der Waals surface area contributed by atoms with Gasteiger partial charge in [0.25, 0.3) is 5.91 Å². The van der Waals surface area contributed by atoms with Crippen molar-refractivity contribution in [2.75, 3.05) is 12.4 Å². The fraction of sp³-hybridized carbons (Fsp3) is 0.167. The maximum Gasteiger partial charge on any atom is 0.258 e. The van der Waals surface area contributed by atoms with Crippen LogP contribution in [-0.2, 0) is 0 Å². The topological polar surface area (TPSA) is 64.1 Å². The molecule has 1 N–H and O–H groups in total. The quantitative estimate of drug-likeness (QED) is 0.251. The Labute approximate surface area is 214 Å². The van der Waals surface area contributed by atoms with Crippen LogP contribution in [0, 0.1) is 0 Å². The first kappa shape index (κ1) is 23.7. The highest BCUT2D eigenvalue weighted by Gasteiger charge is 2.16. The molecule has 1 amide bonds. The van der Waals surface area contributed by atoms with E-state index in [0.29, 0.717) is 22.3 Å². The molecule has 0 saturated heterocycles. The summed E-state index contributed by atoms with van der Waals surface area (Å²) in [6.45, 7) is 4.42. The zero-order valence-corrected chi connectivity index (χ0v) is 21.3. The van der Waals surface area contributed by atoms with Crippen molar-refractivity contribution < 1.29 is 9.53 Å². The number of aromatic nitrogens is 2. The number of nitrogens with one attached hydrogen (secondary N) is 1. The fourth-order valence-electron chi connectivity index (χ4n) is 4.14. The lowest BCUT2D eigenvalue weighted by atomic mass is 9.97. The number of rotatable bonds is 7. The summed E-state index contributed by atoms with van der Waals surface area (Å²) in [6, 6.07) is 25.7. The van der Waals surface area contributed by atoms with Crippen molar-refractivity contribution in [3.8, 4) is 28.3 Å². The molecule has 0 saturated carbocycles. The highest BCUT2D eigenvalue weighted by Crippen LogP contribution is 2.30. The van der Waals surface area contributed by atoms with Crippen LogP contribution in [0.3, 0.4) is 0 Å². The number of thiazole rings is 1. The Morgan fingerprint density at radius 3 is 2.53 bits per heavy atom. The first-order valence-electron chi connectivity index (χ1n) is 12.0. The van der Waals surface area contributed by atoms with Gasteiger partial charge in [-0.05, 0) is 42.2 Å². The second-order valence-electron chi connectivity index (χ2n) is 8.73. The second kappa shape index (κ2) is 10.3. The second-order valence-corrected chi connectivity index (χ2v) is 9.59. The number of hydrogen-bond acceptors (Lipinski definition) is 5. The third-order valence-electron chi connectivity index (χ3n) is 6.44. The van der Waals surface area contributed by atoms with Crippen molar-refractivity contribution in [3.05, 3.63) is 95.4 Å². The Kier molecular flexibility index (Phi) is 6.78. The number of methoxy groups -OCH3 is 1. The van der Waals surface area contributed by atoms with Gasteiger partial charge in [-0.25, -0.2) is 9.97 Å². The lowest BCUT2D eigenvalue weighted by Gasteiger charge is -2.10. The Morgan fingerprint density at radius 2 is 1.75 bits per heavy atom. The molecular formula is C30H27N3O2S. The van der Waals surface area contributed by atoms with Gasteiger partial charge in [0, 0.05) is 21.9 Å². The van der Waals surface area contributed by atoms with Gasteiger partial charge >= 0.3 is 0 Å². The number of benzene rings is 3. The van der Waals surface area contributed by atoms with Crippen molar-refractivity contribution in [2.24, 2.45) is 0 Å². The highest BCUT2D eigenvalue weighted by molar-refractivity contribution is 7.14. The average molecular weight is 494 g/mol. The van der Waals surface area contributed by atoms with Gasteiger partial charge in [-0.15, -0.1) is 11.3 Å². The maximum absolute atomic E-state index is 13.4. The smallest absolute Gasteiger partial charge is 0.258 e. The van der Waals surface area contributed by atoms with E-state index in [4.69, 9.17) is 9.72 Å². The minimum absolute atomic E-state index is 0.217. The van der Waals surface area contributed by atoms with Crippen LogP contribution >= 0.6 is 11.3 Å². The molecule has 0 aliphatic carbocycles. The summed E-state index contributed by atoms with van der Waals surface area (Å²) in [5.41, 5.74) is 6.10. The van der Waals surface area contributed by atoms with Crippen LogP contribution in [0.2, 0.25) is 0 Å². The summed E-state index contributed by atoms with van der Waals surface area (Å²) < 4.78 is 5.37. The van der Waals surface area contributed by atoms with Crippen LogP contribution in [0.15, 0.2) is 84.2 Å². The van der Waals surface area contributed by atoms with Crippen molar-refractivity contribution in [2.45, 2.75) is 26.2 Å². The Balaban J connectivity index is 1.44. The Hall–Kier alpha value is -4.03. The molecule has 5 rings (SSSR count). The largest absolute Gasteiger partial charge is 0.497 e. The number of pyridine rings is 1. The Bertz CT molecular complexity index is 1530. The van der Waals surface area contributed by atoms with E-state index in [2.05, 4.69) is 48.4 Å². The van der Waals surface area contributed by atoms with Crippen molar-refractivity contribution >= 4 is 33.3 Å². The van der Waals surface area contributed by atoms with Crippen LogP contribution in [-0.4, -0.2) is 23.0 Å². The Morgan fingerprint density at radius 1 is 0.944 bits per heavy atom. The molecule has 1 atom stereocenters. The van der Waals surface area contributed by atoms with Gasteiger partial charge < -0.3 is 4.74 Å². The molecule has 2 heterocycles. The van der Waals surface area contributed by atoms with E-state index in [0.717, 1.165) is 39.9 Å². The monoisotopic (exact) mass is 493 g/mol. The van der Waals surface area contributed by atoms with E-state index in [1.54, 1.807) is 7.11 Å². The predicted octanol–water partition coefficient (Wildman–Crippen LogP) is 7.80. The van der Waals surface area contributed by atoms with E-state index in [9.17, 15) is 4.79 Å². The molecule has 6 heteroatoms. The number of fused-ring (bicyclic) bond motifs is 1. The molecule has 0 fully saturated rings. The van der Waals surface area contributed by atoms with E-state index < -0.39 is 0 Å². The molecule has 5 aromatic rings. The summed E-state index contributed by atoms with van der Waals surface area (Å²) in [5.74, 6) is 1.05. The third kappa shape index (κ3) is 4.86. The molecule has 180 valence electrons. The zero-order valence-electron chi connectivity index (χ0n) is 20.5. The number of para-hydroxylation sites is 1. The van der Waals surface area contributed by atoms with Crippen molar-refractivity contribution in [1.82, 2.24) is 9.97 Å². The molecule has 1 unspecified atom stereocenters. The van der Waals surface area contributed by atoms with Crippen LogP contribution in [0.4, 0.5) is 5.13 Å². The van der Waals surface area contributed by atoms with Crippen LogP contribution in [0.25, 0.3) is 33.4 Å².